The summed E-state index contributed by atoms with van der Waals surface area (Å²) in [4.78, 5) is 16.0. The zero-order valence-corrected chi connectivity index (χ0v) is 12.1. The average molecular weight is 293 g/mol. The number of rotatable bonds is 1. The van der Waals surface area contributed by atoms with Crippen LogP contribution < -0.4 is 0 Å². The van der Waals surface area contributed by atoms with Crippen molar-refractivity contribution in [2.75, 3.05) is 25.1 Å². The van der Waals surface area contributed by atoms with Crippen LogP contribution in [0.4, 0.5) is 4.79 Å². The van der Waals surface area contributed by atoms with E-state index in [1.54, 1.807) is 0 Å². The molecule has 1 aliphatic rings. The van der Waals surface area contributed by atoms with Crippen LogP contribution in [0.25, 0.3) is 0 Å². The first-order valence-electron chi connectivity index (χ1n) is 5.61. The molecular weight excluding hydrogens is 272 g/mol. The number of halogens is 1. The van der Waals surface area contributed by atoms with Crippen LogP contribution in [0.3, 0.4) is 0 Å². The molecule has 16 heavy (non-hydrogen) atoms. The third-order valence-electron chi connectivity index (χ3n) is 2.51. The van der Waals surface area contributed by atoms with Crippen molar-refractivity contribution >= 4 is 22.0 Å². The molecule has 1 atom stereocenters. The Labute approximate surface area is 106 Å². The van der Waals surface area contributed by atoms with Crippen LogP contribution in [0, 0.1) is 0 Å². The minimum atomic E-state index is -0.413. The molecule has 0 radical (unpaired) electrons. The number of amides is 1. The van der Waals surface area contributed by atoms with Gasteiger partial charge in [-0.2, -0.15) is 0 Å². The Hall–Kier alpha value is -0.290. The van der Waals surface area contributed by atoms with Gasteiger partial charge in [-0.25, -0.2) is 4.79 Å². The Morgan fingerprint density at radius 2 is 2.06 bits per heavy atom. The Morgan fingerprint density at radius 1 is 1.44 bits per heavy atom. The molecule has 0 N–H and O–H groups in total. The molecule has 0 aromatic heterocycles. The van der Waals surface area contributed by atoms with E-state index in [0.29, 0.717) is 0 Å². The van der Waals surface area contributed by atoms with Crippen molar-refractivity contribution in [3.8, 4) is 0 Å². The first-order chi connectivity index (χ1) is 7.33. The molecule has 1 saturated heterocycles. The lowest BCUT2D eigenvalue weighted by molar-refractivity contribution is 0.00380. The highest BCUT2D eigenvalue weighted by molar-refractivity contribution is 9.09. The molecule has 4 nitrogen and oxygen atoms in total. The number of alkyl halides is 1. The van der Waals surface area contributed by atoms with E-state index in [0.717, 1.165) is 25.1 Å². The second kappa shape index (κ2) is 5.36. The van der Waals surface area contributed by atoms with Gasteiger partial charge in [0.2, 0.25) is 0 Å². The van der Waals surface area contributed by atoms with Crippen molar-refractivity contribution in [2.45, 2.75) is 39.3 Å². The summed E-state index contributed by atoms with van der Waals surface area (Å²) in [5.74, 6) is 0. The van der Waals surface area contributed by atoms with Crippen LogP contribution in [0.1, 0.15) is 27.7 Å². The number of ether oxygens (including phenoxy) is 1. The number of piperazine rings is 1. The third kappa shape index (κ3) is 3.94. The molecule has 0 spiro atoms. The van der Waals surface area contributed by atoms with Gasteiger partial charge in [0.25, 0.3) is 0 Å². The van der Waals surface area contributed by atoms with E-state index in [9.17, 15) is 4.79 Å². The Kier molecular flexibility index (Phi) is 4.62. The normalized spacial score (nSPS) is 23.3. The van der Waals surface area contributed by atoms with Crippen LogP contribution in [-0.2, 0) is 4.74 Å². The number of carbonyl (C=O) groups excluding carboxylic acids is 1. The van der Waals surface area contributed by atoms with Gasteiger partial charge in [0.15, 0.2) is 0 Å². The highest BCUT2D eigenvalue weighted by atomic mass is 79.9. The lowest BCUT2D eigenvalue weighted by Gasteiger charge is -2.39. The van der Waals surface area contributed by atoms with E-state index in [4.69, 9.17) is 4.74 Å². The van der Waals surface area contributed by atoms with Crippen molar-refractivity contribution in [3.05, 3.63) is 0 Å². The smallest absolute Gasteiger partial charge is 0.410 e. The average Bonchev–Trinajstić information content (AvgIpc) is 2.14. The van der Waals surface area contributed by atoms with E-state index < -0.39 is 5.60 Å². The van der Waals surface area contributed by atoms with Crippen LogP contribution >= 0.6 is 15.9 Å². The summed E-state index contributed by atoms with van der Waals surface area (Å²) in [6, 6.07) is 0.209. The fourth-order valence-corrected chi connectivity index (χ4v) is 2.19. The number of carbonyl (C=O) groups is 1. The standard InChI is InChI=1S/C11H21BrN2O2/c1-9-7-13(8-12)5-6-14(9)10(15)16-11(2,3)4/h9H,5-8H2,1-4H3/t9-/m0/s1. The van der Waals surface area contributed by atoms with E-state index in [1.165, 1.54) is 0 Å². The monoisotopic (exact) mass is 292 g/mol. The SMILES string of the molecule is C[C@H]1CN(CBr)CCN1C(=O)OC(C)(C)C. The maximum absolute atomic E-state index is 11.9. The first kappa shape index (κ1) is 13.8. The summed E-state index contributed by atoms with van der Waals surface area (Å²) < 4.78 is 5.37. The molecule has 0 saturated carbocycles. The number of hydrogen-bond acceptors (Lipinski definition) is 3. The van der Waals surface area contributed by atoms with Crippen molar-refractivity contribution in [3.63, 3.8) is 0 Å². The zero-order chi connectivity index (χ0) is 12.3. The fourth-order valence-electron chi connectivity index (χ4n) is 1.73. The zero-order valence-electron chi connectivity index (χ0n) is 10.5. The van der Waals surface area contributed by atoms with Crippen LogP contribution in [0.15, 0.2) is 0 Å². The highest BCUT2D eigenvalue weighted by Gasteiger charge is 2.30. The van der Waals surface area contributed by atoms with Crippen molar-refractivity contribution < 1.29 is 9.53 Å². The molecule has 1 rings (SSSR count). The minimum Gasteiger partial charge on any atom is -0.444 e. The van der Waals surface area contributed by atoms with Gasteiger partial charge in [-0.05, 0) is 27.7 Å². The van der Waals surface area contributed by atoms with Crippen molar-refractivity contribution in [2.24, 2.45) is 0 Å². The number of hydrogen-bond donors (Lipinski definition) is 0. The summed E-state index contributed by atoms with van der Waals surface area (Å²) in [5, 5.41) is 0. The molecular formula is C11H21BrN2O2. The lowest BCUT2D eigenvalue weighted by atomic mass is 10.2. The first-order valence-corrected chi connectivity index (χ1v) is 6.73. The molecule has 1 amide bonds. The fraction of sp³-hybridized carbons (Fsp3) is 0.909. The maximum atomic E-state index is 11.9. The minimum absolute atomic E-state index is 0.200. The molecule has 0 aliphatic carbocycles. The predicted molar refractivity (Wildman–Crippen MR) is 67.8 cm³/mol. The molecule has 0 aromatic carbocycles. The molecule has 5 heteroatoms. The summed E-state index contributed by atoms with van der Waals surface area (Å²) in [6.45, 7) is 10.3. The molecule has 1 heterocycles. The molecule has 0 aromatic rings. The van der Waals surface area contributed by atoms with Gasteiger partial charge in [-0.1, -0.05) is 15.9 Å². The van der Waals surface area contributed by atoms with Gasteiger partial charge in [-0.15, -0.1) is 0 Å². The topological polar surface area (TPSA) is 32.8 Å². The van der Waals surface area contributed by atoms with E-state index >= 15 is 0 Å². The second-order valence-corrected chi connectivity index (χ2v) is 5.72. The van der Waals surface area contributed by atoms with E-state index in [2.05, 4.69) is 27.8 Å². The Morgan fingerprint density at radius 3 is 2.50 bits per heavy atom. The van der Waals surface area contributed by atoms with Crippen LogP contribution in [0.5, 0.6) is 0 Å². The van der Waals surface area contributed by atoms with E-state index in [1.807, 2.05) is 25.7 Å². The van der Waals surface area contributed by atoms with Gasteiger partial charge < -0.3 is 9.64 Å². The van der Waals surface area contributed by atoms with Gasteiger partial charge in [0, 0.05) is 25.7 Å². The molecule has 0 unspecified atom stereocenters. The summed E-state index contributed by atoms with van der Waals surface area (Å²) in [6.07, 6.45) is -0.200. The molecule has 1 fully saturated rings. The Bertz CT molecular complexity index is 253. The maximum Gasteiger partial charge on any atom is 0.410 e. The van der Waals surface area contributed by atoms with Crippen LogP contribution in [0.2, 0.25) is 0 Å². The molecule has 1 aliphatic heterocycles. The highest BCUT2D eigenvalue weighted by Crippen LogP contribution is 2.15. The van der Waals surface area contributed by atoms with E-state index in [-0.39, 0.29) is 12.1 Å². The van der Waals surface area contributed by atoms with Crippen molar-refractivity contribution in [1.29, 1.82) is 0 Å². The summed E-state index contributed by atoms with van der Waals surface area (Å²) >= 11 is 3.44. The van der Waals surface area contributed by atoms with Gasteiger partial charge in [0.1, 0.15) is 5.60 Å². The largest absolute Gasteiger partial charge is 0.444 e. The molecule has 0 bridgehead atoms. The van der Waals surface area contributed by atoms with Gasteiger partial charge >= 0.3 is 6.09 Å². The summed E-state index contributed by atoms with van der Waals surface area (Å²) in [7, 11) is 0. The van der Waals surface area contributed by atoms with Crippen LogP contribution in [-0.4, -0.2) is 52.6 Å². The lowest BCUT2D eigenvalue weighted by Crippen LogP contribution is -2.54. The quantitative estimate of drug-likeness (QED) is 0.549. The summed E-state index contributed by atoms with van der Waals surface area (Å²) in [5.41, 5.74) is 0.447. The molecule has 94 valence electrons. The Balaban J connectivity index is 2.52. The van der Waals surface area contributed by atoms with Gasteiger partial charge in [-0.3, -0.25) is 4.90 Å². The second-order valence-electron chi connectivity index (χ2n) is 5.22. The predicted octanol–water partition coefficient (Wildman–Crippen LogP) is 2.28. The van der Waals surface area contributed by atoms with Gasteiger partial charge in [0.05, 0.1) is 5.45 Å². The van der Waals surface area contributed by atoms with Crippen molar-refractivity contribution in [1.82, 2.24) is 9.80 Å². The number of nitrogens with zero attached hydrogens (tertiary/aromatic N) is 2. The third-order valence-corrected chi connectivity index (χ3v) is 3.22.